The smallest absolute Gasteiger partial charge is 0.271 e. The van der Waals surface area contributed by atoms with E-state index >= 15 is 0 Å². The Bertz CT molecular complexity index is 1030. The number of hydrogen-bond acceptors (Lipinski definition) is 4. The molecule has 3 rings (SSSR count). The first kappa shape index (κ1) is 21.4. The van der Waals surface area contributed by atoms with Gasteiger partial charge < -0.3 is 9.47 Å². The molecule has 0 spiro atoms. The average molecular weight is 423 g/mol. The van der Waals surface area contributed by atoms with E-state index in [1.165, 1.54) is 0 Å². The molecule has 3 aromatic carbocycles. The number of carbonyl (C=O) groups excluding carboxylic acids is 1. The van der Waals surface area contributed by atoms with Crippen molar-refractivity contribution in [2.24, 2.45) is 5.10 Å². The lowest BCUT2D eigenvalue weighted by atomic mass is 10.1. The Balaban J connectivity index is 1.55. The van der Waals surface area contributed by atoms with Gasteiger partial charge in [-0.05, 0) is 67.4 Å². The van der Waals surface area contributed by atoms with Crippen LogP contribution in [0.15, 0.2) is 71.8 Å². The summed E-state index contributed by atoms with van der Waals surface area (Å²) in [5.74, 6) is 1.18. The molecule has 1 N–H and O–H groups in total. The minimum Gasteiger partial charge on any atom is -0.493 e. The van der Waals surface area contributed by atoms with Crippen LogP contribution in [0.5, 0.6) is 11.5 Å². The van der Waals surface area contributed by atoms with Crippen LogP contribution in [0, 0.1) is 6.92 Å². The maximum Gasteiger partial charge on any atom is 0.271 e. The van der Waals surface area contributed by atoms with E-state index in [2.05, 4.69) is 10.5 Å². The number of benzene rings is 3. The zero-order valence-corrected chi connectivity index (χ0v) is 17.6. The fourth-order valence-corrected chi connectivity index (χ4v) is 2.84. The van der Waals surface area contributed by atoms with Crippen LogP contribution in [0.25, 0.3) is 0 Å². The molecule has 0 aliphatic heterocycles. The molecule has 0 bridgehead atoms. The zero-order valence-electron chi connectivity index (χ0n) is 16.9. The van der Waals surface area contributed by atoms with E-state index in [0.717, 1.165) is 28.2 Å². The van der Waals surface area contributed by atoms with E-state index < -0.39 is 0 Å². The van der Waals surface area contributed by atoms with Gasteiger partial charge in [0, 0.05) is 16.1 Å². The Hall–Kier alpha value is -3.31. The number of aryl methyl sites for hydroxylation is 1. The molecular weight excluding hydrogens is 400 g/mol. The molecule has 154 valence electrons. The largest absolute Gasteiger partial charge is 0.493 e. The molecule has 5 nitrogen and oxygen atoms in total. The molecule has 30 heavy (non-hydrogen) atoms. The quantitative estimate of drug-likeness (QED) is 0.391. The van der Waals surface area contributed by atoms with Crippen LogP contribution in [0.3, 0.4) is 0 Å². The topological polar surface area (TPSA) is 59.9 Å². The summed E-state index contributed by atoms with van der Waals surface area (Å²) < 4.78 is 11.3. The first-order valence-corrected chi connectivity index (χ1v) is 9.97. The third-order valence-corrected chi connectivity index (χ3v) is 4.76. The summed E-state index contributed by atoms with van der Waals surface area (Å²) in [6.45, 7) is 4.81. The molecule has 0 unspecified atom stereocenters. The summed E-state index contributed by atoms with van der Waals surface area (Å²) >= 11 is 6.03. The van der Waals surface area contributed by atoms with Crippen molar-refractivity contribution < 1.29 is 14.3 Å². The van der Waals surface area contributed by atoms with Gasteiger partial charge in [0.1, 0.15) is 18.1 Å². The van der Waals surface area contributed by atoms with Gasteiger partial charge in [0.2, 0.25) is 0 Å². The summed E-state index contributed by atoms with van der Waals surface area (Å²) in [5.41, 5.74) is 5.76. The Morgan fingerprint density at radius 2 is 1.83 bits per heavy atom. The number of carbonyl (C=O) groups is 1. The Kier molecular flexibility index (Phi) is 7.46. The number of hydrogen-bond donors (Lipinski definition) is 1. The molecule has 0 saturated heterocycles. The number of nitrogens with zero attached hydrogens (tertiary/aromatic N) is 1. The lowest BCUT2D eigenvalue weighted by molar-refractivity contribution is 0.0955. The van der Waals surface area contributed by atoms with E-state index in [4.69, 9.17) is 21.1 Å². The number of halogens is 1. The number of para-hydroxylation sites is 1. The van der Waals surface area contributed by atoms with E-state index in [1.807, 2.05) is 68.4 Å². The average Bonchev–Trinajstić information content (AvgIpc) is 2.76. The summed E-state index contributed by atoms with van der Waals surface area (Å²) in [6, 6.07) is 20.2. The zero-order chi connectivity index (χ0) is 21.3. The summed E-state index contributed by atoms with van der Waals surface area (Å²) in [5, 5.41) is 4.74. The molecule has 0 atom stereocenters. The van der Waals surface area contributed by atoms with Crippen molar-refractivity contribution in [1.82, 2.24) is 5.43 Å². The lowest BCUT2D eigenvalue weighted by Gasteiger charge is -2.08. The summed E-state index contributed by atoms with van der Waals surface area (Å²) in [7, 11) is 0. The van der Waals surface area contributed by atoms with Gasteiger partial charge in [-0.3, -0.25) is 4.79 Å². The van der Waals surface area contributed by atoms with Crippen molar-refractivity contribution in [2.45, 2.75) is 20.5 Å². The SMILES string of the molecule is CCOc1ccccc1/C=N\NC(=O)c1ccc(COc2ccc(Cl)c(C)c2)cc1. The Morgan fingerprint density at radius 3 is 2.57 bits per heavy atom. The van der Waals surface area contributed by atoms with Gasteiger partial charge in [-0.2, -0.15) is 5.10 Å². The molecule has 1 amide bonds. The van der Waals surface area contributed by atoms with Crippen LogP contribution in [0.1, 0.15) is 34.0 Å². The normalized spacial score (nSPS) is 10.8. The van der Waals surface area contributed by atoms with Crippen molar-refractivity contribution in [3.8, 4) is 11.5 Å². The minimum absolute atomic E-state index is 0.291. The van der Waals surface area contributed by atoms with Crippen LogP contribution >= 0.6 is 11.6 Å². The number of amides is 1. The standard InChI is InChI=1S/C24H23ClN2O3/c1-3-29-23-7-5-4-6-20(23)15-26-27-24(28)19-10-8-18(9-11-19)16-30-21-12-13-22(25)17(2)14-21/h4-15H,3,16H2,1-2H3,(H,27,28)/b26-15-. The maximum atomic E-state index is 12.3. The highest BCUT2D eigenvalue weighted by molar-refractivity contribution is 6.31. The molecule has 0 fully saturated rings. The Morgan fingerprint density at radius 1 is 1.07 bits per heavy atom. The highest BCUT2D eigenvalue weighted by Gasteiger charge is 2.06. The van der Waals surface area contributed by atoms with E-state index in [9.17, 15) is 4.79 Å². The predicted octanol–water partition coefficient (Wildman–Crippen LogP) is 5.39. The maximum absolute atomic E-state index is 12.3. The molecular formula is C24H23ClN2O3. The molecule has 0 radical (unpaired) electrons. The van der Waals surface area contributed by atoms with Crippen LogP contribution in [-0.4, -0.2) is 18.7 Å². The van der Waals surface area contributed by atoms with Crippen molar-refractivity contribution in [2.75, 3.05) is 6.61 Å². The van der Waals surface area contributed by atoms with Gasteiger partial charge in [-0.1, -0.05) is 35.9 Å². The van der Waals surface area contributed by atoms with Crippen LogP contribution < -0.4 is 14.9 Å². The molecule has 0 saturated carbocycles. The van der Waals surface area contributed by atoms with E-state index in [-0.39, 0.29) is 5.91 Å². The second-order valence-electron chi connectivity index (χ2n) is 6.57. The van der Waals surface area contributed by atoms with Gasteiger partial charge in [-0.15, -0.1) is 0 Å². The van der Waals surface area contributed by atoms with Crippen LogP contribution in [0.4, 0.5) is 0 Å². The first-order valence-electron chi connectivity index (χ1n) is 9.60. The third-order valence-electron chi connectivity index (χ3n) is 4.34. The van der Waals surface area contributed by atoms with Crippen LogP contribution in [-0.2, 0) is 6.61 Å². The van der Waals surface area contributed by atoms with E-state index in [1.54, 1.807) is 18.3 Å². The molecule has 0 aliphatic rings. The lowest BCUT2D eigenvalue weighted by Crippen LogP contribution is -2.17. The summed E-state index contributed by atoms with van der Waals surface area (Å²) in [4.78, 5) is 12.3. The molecule has 3 aromatic rings. The van der Waals surface area contributed by atoms with Gasteiger partial charge >= 0.3 is 0 Å². The minimum atomic E-state index is -0.291. The van der Waals surface area contributed by atoms with Gasteiger partial charge in [0.15, 0.2) is 0 Å². The van der Waals surface area contributed by atoms with Crippen molar-refractivity contribution in [3.63, 3.8) is 0 Å². The highest BCUT2D eigenvalue weighted by atomic mass is 35.5. The second-order valence-corrected chi connectivity index (χ2v) is 6.97. The van der Waals surface area contributed by atoms with Crippen molar-refractivity contribution in [1.29, 1.82) is 0 Å². The van der Waals surface area contributed by atoms with Gasteiger partial charge in [0.05, 0.1) is 12.8 Å². The highest BCUT2D eigenvalue weighted by Crippen LogP contribution is 2.22. The fraction of sp³-hybridized carbons (Fsp3) is 0.167. The summed E-state index contributed by atoms with van der Waals surface area (Å²) in [6.07, 6.45) is 1.57. The van der Waals surface area contributed by atoms with Gasteiger partial charge in [0.25, 0.3) is 5.91 Å². The Labute approximate surface area is 181 Å². The third kappa shape index (κ3) is 5.84. The fourth-order valence-electron chi connectivity index (χ4n) is 2.73. The number of hydrazone groups is 1. The number of rotatable bonds is 8. The number of nitrogens with one attached hydrogen (secondary N) is 1. The molecule has 0 heterocycles. The molecule has 0 aromatic heterocycles. The van der Waals surface area contributed by atoms with E-state index in [0.29, 0.717) is 23.8 Å². The second kappa shape index (κ2) is 10.5. The monoisotopic (exact) mass is 422 g/mol. The van der Waals surface area contributed by atoms with Crippen molar-refractivity contribution >= 4 is 23.7 Å². The first-order chi connectivity index (χ1) is 14.6. The van der Waals surface area contributed by atoms with Gasteiger partial charge in [-0.25, -0.2) is 5.43 Å². The van der Waals surface area contributed by atoms with Crippen molar-refractivity contribution in [3.05, 3.63) is 94.0 Å². The predicted molar refractivity (Wildman–Crippen MR) is 120 cm³/mol. The number of ether oxygens (including phenoxy) is 2. The molecule has 6 heteroatoms. The van der Waals surface area contributed by atoms with Crippen LogP contribution in [0.2, 0.25) is 5.02 Å². The molecule has 0 aliphatic carbocycles.